The van der Waals surface area contributed by atoms with Gasteiger partial charge < -0.3 is 14.0 Å². The van der Waals surface area contributed by atoms with Crippen LogP contribution in [0.1, 0.15) is 50.6 Å². The lowest BCUT2D eigenvalue weighted by Crippen LogP contribution is -2.05. The van der Waals surface area contributed by atoms with E-state index in [1.165, 1.54) is 0 Å². The molecule has 0 radical (unpaired) electrons. The number of ether oxygens (including phenoxy) is 2. The van der Waals surface area contributed by atoms with Crippen LogP contribution in [-0.2, 0) is 13.2 Å². The Morgan fingerprint density at radius 2 is 1.88 bits per heavy atom. The van der Waals surface area contributed by atoms with Crippen LogP contribution in [0.3, 0.4) is 0 Å². The van der Waals surface area contributed by atoms with Gasteiger partial charge in [0.25, 0.3) is 0 Å². The molecule has 0 fully saturated rings. The van der Waals surface area contributed by atoms with Crippen molar-refractivity contribution in [1.82, 2.24) is 9.55 Å². The van der Waals surface area contributed by atoms with E-state index in [1.807, 2.05) is 55.6 Å². The van der Waals surface area contributed by atoms with Gasteiger partial charge in [0.2, 0.25) is 0 Å². The Balaban J connectivity index is 1.76. The second-order valence-electron chi connectivity index (χ2n) is 8.28. The lowest BCUT2D eigenvalue weighted by Gasteiger charge is -2.13. The highest BCUT2D eigenvalue weighted by Gasteiger charge is 2.19. The topological polar surface area (TPSA) is 60.1 Å². The number of hydrogen-bond donors (Lipinski definition) is 0. The van der Waals surface area contributed by atoms with Gasteiger partial charge in [-0.2, -0.15) is 5.26 Å². The van der Waals surface area contributed by atoms with Crippen LogP contribution in [0, 0.1) is 11.3 Å². The Labute approximate surface area is 199 Å². The SMILES string of the molecule is CCCCCn1c(-c2ccc(OC(C)C)cc2)c(C#N)c2ccc(OCc3nccs3)cc21. The number of nitrogens with zero attached hydrogens (tertiary/aromatic N) is 3. The average Bonchev–Trinajstić information content (AvgIpc) is 3.44. The molecule has 0 atom stereocenters. The van der Waals surface area contributed by atoms with Crippen LogP contribution in [0.5, 0.6) is 11.5 Å². The number of fused-ring (bicyclic) bond motifs is 1. The number of rotatable bonds is 10. The van der Waals surface area contributed by atoms with Gasteiger partial charge in [0.1, 0.15) is 29.2 Å². The summed E-state index contributed by atoms with van der Waals surface area (Å²) >= 11 is 1.58. The van der Waals surface area contributed by atoms with E-state index in [1.54, 1.807) is 17.5 Å². The van der Waals surface area contributed by atoms with Gasteiger partial charge in [-0.25, -0.2) is 4.98 Å². The molecule has 0 saturated heterocycles. The summed E-state index contributed by atoms with van der Waals surface area (Å²) in [4.78, 5) is 4.29. The van der Waals surface area contributed by atoms with Crippen molar-refractivity contribution in [3.8, 4) is 28.8 Å². The second kappa shape index (κ2) is 10.5. The van der Waals surface area contributed by atoms with E-state index in [0.717, 1.165) is 64.5 Å². The van der Waals surface area contributed by atoms with E-state index in [-0.39, 0.29) is 6.10 Å². The standard InChI is InChI=1S/C27H29N3O2S/c1-4-5-6-14-30-25-16-22(31-18-26-29-13-15-33-26)11-12-23(25)24(17-28)27(30)20-7-9-21(10-8-20)32-19(2)3/h7-13,15-16,19H,4-6,14,18H2,1-3H3. The summed E-state index contributed by atoms with van der Waals surface area (Å²) in [5, 5.41) is 13.9. The zero-order valence-electron chi connectivity index (χ0n) is 19.4. The fourth-order valence-corrected chi connectivity index (χ4v) is 4.54. The minimum Gasteiger partial charge on any atom is -0.491 e. The summed E-state index contributed by atoms with van der Waals surface area (Å²) in [5.74, 6) is 1.61. The molecule has 4 rings (SSSR count). The summed E-state index contributed by atoms with van der Waals surface area (Å²) in [7, 11) is 0. The van der Waals surface area contributed by atoms with Crippen molar-refractivity contribution >= 4 is 22.2 Å². The third kappa shape index (κ3) is 5.20. The van der Waals surface area contributed by atoms with Gasteiger partial charge in [-0.15, -0.1) is 11.3 Å². The molecule has 0 N–H and O–H groups in total. The van der Waals surface area contributed by atoms with Gasteiger partial charge in [-0.1, -0.05) is 19.8 Å². The Hall–Kier alpha value is -3.30. The van der Waals surface area contributed by atoms with Gasteiger partial charge in [0.05, 0.1) is 22.9 Å². The lowest BCUT2D eigenvalue weighted by molar-refractivity contribution is 0.242. The lowest BCUT2D eigenvalue weighted by atomic mass is 10.1. The van der Waals surface area contributed by atoms with Crippen molar-refractivity contribution < 1.29 is 9.47 Å². The number of nitriles is 1. The maximum absolute atomic E-state index is 10.1. The molecule has 4 aromatic rings. The van der Waals surface area contributed by atoms with Crippen LogP contribution in [0.25, 0.3) is 22.2 Å². The summed E-state index contributed by atoms with van der Waals surface area (Å²) in [6, 6.07) is 16.5. The molecule has 2 aromatic heterocycles. The van der Waals surface area contributed by atoms with E-state index in [9.17, 15) is 5.26 Å². The molecule has 0 aliphatic rings. The highest BCUT2D eigenvalue weighted by atomic mass is 32.1. The first-order valence-electron chi connectivity index (χ1n) is 11.4. The predicted octanol–water partition coefficient (Wildman–Crippen LogP) is 7.19. The zero-order chi connectivity index (χ0) is 23.2. The van der Waals surface area contributed by atoms with Crippen molar-refractivity contribution in [1.29, 1.82) is 5.26 Å². The fraction of sp³-hybridized carbons (Fsp3) is 0.333. The predicted molar refractivity (Wildman–Crippen MR) is 134 cm³/mol. The number of hydrogen-bond acceptors (Lipinski definition) is 5. The number of thiazole rings is 1. The van der Waals surface area contributed by atoms with Crippen LogP contribution >= 0.6 is 11.3 Å². The molecule has 0 spiro atoms. The van der Waals surface area contributed by atoms with Crippen LogP contribution in [0.2, 0.25) is 0 Å². The normalized spacial score (nSPS) is 11.1. The van der Waals surface area contributed by atoms with E-state index >= 15 is 0 Å². The molecule has 2 aromatic carbocycles. The molecule has 2 heterocycles. The first-order chi connectivity index (χ1) is 16.1. The van der Waals surface area contributed by atoms with E-state index < -0.39 is 0 Å². The Kier molecular flexibility index (Phi) is 7.31. The van der Waals surface area contributed by atoms with Crippen LogP contribution < -0.4 is 9.47 Å². The number of benzene rings is 2. The van der Waals surface area contributed by atoms with Gasteiger partial charge >= 0.3 is 0 Å². The van der Waals surface area contributed by atoms with Crippen LogP contribution in [-0.4, -0.2) is 15.7 Å². The Morgan fingerprint density at radius 1 is 1.09 bits per heavy atom. The minimum atomic E-state index is 0.119. The molecular formula is C27H29N3O2S. The van der Waals surface area contributed by atoms with Crippen molar-refractivity contribution in [2.45, 2.75) is 59.3 Å². The third-order valence-corrected chi connectivity index (χ3v) is 6.23. The first-order valence-corrected chi connectivity index (χ1v) is 12.3. The van der Waals surface area contributed by atoms with E-state index in [0.29, 0.717) is 12.2 Å². The molecule has 0 aliphatic carbocycles. The van der Waals surface area contributed by atoms with Crippen molar-refractivity contribution in [2.24, 2.45) is 0 Å². The smallest absolute Gasteiger partial charge is 0.140 e. The van der Waals surface area contributed by atoms with Crippen LogP contribution in [0.15, 0.2) is 54.0 Å². The summed E-state index contributed by atoms with van der Waals surface area (Å²) in [5.41, 5.74) is 3.69. The molecule has 0 unspecified atom stereocenters. The Morgan fingerprint density at radius 3 is 2.55 bits per heavy atom. The maximum Gasteiger partial charge on any atom is 0.140 e. The average molecular weight is 460 g/mol. The highest BCUT2D eigenvalue weighted by molar-refractivity contribution is 7.09. The van der Waals surface area contributed by atoms with Crippen molar-refractivity contribution in [3.63, 3.8) is 0 Å². The highest BCUT2D eigenvalue weighted by Crippen LogP contribution is 2.36. The van der Waals surface area contributed by atoms with Crippen LogP contribution in [0.4, 0.5) is 0 Å². The quantitative estimate of drug-likeness (QED) is 0.235. The zero-order valence-corrected chi connectivity index (χ0v) is 20.2. The summed E-state index contributed by atoms with van der Waals surface area (Å²) < 4.78 is 14.1. The molecule has 0 saturated carbocycles. The van der Waals surface area contributed by atoms with Gasteiger partial charge in [-0.3, -0.25) is 0 Å². The van der Waals surface area contributed by atoms with Gasteiger partial charge in [0.15, 0.2) is 0 Å². The summed E-state index contributed by atoms with van der Waals surface area (Å²) in [6.45, 7) is 7.52. The molecule has 6 heteroatoms. The first kappa shape index (κ1) is 22.9. The number of aryl methyl sites for hydroxylation is 1. The summed E-state index contributed by atoms with van der Waals surface area (Å²) in [6.07, 6.45) is 5.24. The number of aromatic nitrogens is 2. The minimum absolute atomic E-state index is 0.119. The third-order valence-electron chi connectivity index (χ3n) is 5.48. The number of unbranched alkanes of at least 4 members (excludes halogenated alkanes) is 2. The van der Waals surface area contributed by atoms with Crippen molar-refractivity contribution in [3.05, 3.63) is 64.6 Å². The largest absolute Gasteiger partial charge is 0.491 e. The Bertz CT molecular complexity index is 1240. The maximum atomic E-state index is 10.1. The molecule has 5 nitrogen and oxygen atoms in total. The van der Waals surface area contributed by atoms with Gasteiger partial charge in [0, 0.05) is 29.6 Å². The molecule has 0 amide bonds. The molecule has 0 bridgehead atoms. The second-order valence-corrected chi connectivity index (χ2v) is 9.26. The van der Waals surface area contributed by atoms with E-state index in [4.69, 9.17) is 9.47 Å². The fourth-order valence-electron chi connectivity index (χ4n) is 4.02. The van der Waals surface area contributed by atoms with Crippen molar-refractivity contribution in [2.75, 3.05) is 0 Å². The molecular weight excluding hydrogens is 430 g/mol. The molecule has 33 heavy (non-hydrogen) atoms. The monoisotopic (exact) mass is 459 g/mol. The van der Waals surface area contributed by atoms with Gasteiger partial charge in [-0.05, 0) is 62.2 Å². The van der Waals surface area contributed by atoms with E-state index in [2.05, 4.69) is 28.6 Å². The molecule has 0 aliphatic heterocycles. The molecule has 170 valence electrons.